The topological polar surface area (TPSA) is 126 Å². The molecule has 2 fully saturated rings. The molecule has 0 bridgehead atoms. The number of amides is 1. The highest BCUT2D eigenvalue weighted by atomic mass is 32.2. The monoisotopic (exact) mass is 572 g/mol. The summed E-state index contributed by atoms with van der Waals surface area (Å²) in [5.74, 6) is 0.542. The van der Waals surface area contributed by atoms with Crippen LogP contribution < -0.4 is 15.5 Å². The van der Waals surface area contributed by atoms with E-state index in [1.54, 1.807) is 25.3 Å². The number of anilines is 1. The Labute approximate surface area is 239 Å². The number of rotatable bonds is 6. The highest BCUT2D eigenvalue weighted by Gasteiger charge is 2.40. The molecule has 1 amide bonds. The van der Waals surface area contributed by atoms with Crippen LogP contribution >= 0.6 is 0 Å². The standard InChI is InChI=1S/C30H32N6O4S/c1-20-6-7-21(14-27(20)41(2,38)39)29(37)32-17-23-15-26-22(16-31-23)8-9-25(34-26)24-4-3-5-28(35-24)36-12-10-30(18-36)19-40-13-11-33-30/h3-9,14-16,33H,10-13,17-19H2,1-2H3,(H,32,37)/t30-/m1/s1. The van der Waals surface area contributed by atoms with Crippen LogP contribution in [0.3, 0.4) is 0 Å². The fourth-order valence-electron chi connectivity index (χ4n) is 5.49. The predicted molar refractivity (Wildman–Crippen MR) is 157 cm³/mol. The fourth-order valence-corrected chi connectivity index (χ4v) is 6.48. The molecule has 212 valence electrons. The van der Waals surface area contributed by atoms with Crippen molar-refractivity contribution in [2.24, 2.45) is 0 Å². The van der Waals surface area contributed by atoms with Crippen molar-refractivity contribution in [2.75, 3.05) is 44.0 Å². The summed E-state index contributed by atoms with van der Waals surface area (Å²) in [6, 6.07) is 16.4. The normalized spacial score (nSPS) is 19.1. The molecule has 2 aliphatic rings. The van der Waals surface area contributed by atoms with Crippen LogP contribution in [0.15, 0.2) is 65.7 Å². The summed E-state index contributed by atoms with van der Waals surface area (Å²) in [5.41, 5.74) is 3.78. The van der Waals surface area contributed by atoms with Gasteiger partial charge < -0.3 is 20.3 Å². The smallest absolute Gasteiger partial charge is 0.251 e. The Kier molecular flexibility index (Phi) is 7.18. The minimum atomic E-state index is -3.44. The number of hydrogen-bond acceptors (Lipinski definition) is 9. The Morgan fingerprint density at radius 3 is 2.78 bits per heavy atom. The van der Waals surface area contributed by atoms with Crippen LogP contribution in [0.5, 0.6) is 0 Å². The van der Waals surface area contributed by atoms with E-state index in [1.165, 1.54) is 6.07 Å². The molecule has 41 heavy (non-hydrogen) atoms. The number of carbonyl (C=O) groups is 1. The zero-order valence-electron chi connectivity index (χ0n) is 23.1. The highest BCUT2D eigenvalue weighted by Crippen LogP contribution is 2.29. The minimum Gasteiger partial charge on any atom is -0.378 e. The van der Waals surface area contributed by atoms with Gasteiger partial charge in [-0.15, -0.1) is 0 Å². The van der Waals surface area contributed by atoms with Crippen LogP contribution in [-0.4, -0.2) is 73.9 Å². The minimum absolute atomic E-state index is 0.00853. The molecule has 1 aromatic carbocycles. The molecule has 4 aromatic rings. The molecule has 0 aliphatic carbocycles. The van der Waals surface area contributed by atoms with Gasteiger partial charge in [-0.1, -0.05) is 12.1 Å². The number of hydrogen-bond donors (Lipinski definition) is 2. The predicted octanol–water partition coefficient (Wildman–Crippen LogP) is 2.90. The summed E-state index contributed by atoms with van der Waals surface area (Å²) in [4.78, 5) is 29.5. The number of nitrogens with zero attached hydrogens (tertiary/aromatic N) is 4. The first-order chi connectivity index (χ1) is 19.7. The lowest BCUT2D eigenvalue weighted by Gasteiger charge is -2.34. The van der Waals surface area contributed by atoms with Gasteiger partial charge in [-0.3, -0.25) is 9.78 Å². The van der Waals surface area contributed by atoms with Gasteiger partial charge in [0.25, 0.3) is 5.91 Å². The van der Waals surface area contributed by atoms with E-state index in [0.717, 1.165) is 73.6 Å². The van der Waals surface area contributed by atoms with E-state index in [9.17, 15) is 13.2 Å². The molecule has 1 atom stereocenters. The molecule has 0 radical (unpaired) electrons. The number of aryl methyl sites for hydroxylation is 1. The van der Waals surface area contributed by atoms with E-state index in [1.807, 2.05) is 36.4 Å². The number of aromatic nitrogens is 3. The highest BCUT2D eigenvalue weighted by molar-refractivity contribution is 7.90. The van der Waals surface area contributed by atoms with Gasteiger partial charge in [-0.2, -0.15) is 0 Å². The maximum atomic E-state index is 12.8. The molecule has 6 rings (SSSR count). The first-order valence-electron chi connectivity index (χ1n) is 13.6. The van der Waals surface area contributed by atoms with E-state index in [4.69, 9.17) is 14.7 Å². The maximum absolute atomic E-state index is 12.8. The van der Waals surface area contributed by atoms with Crippen molar-refractivity contribution in [1.82, 2.24) is 25.6 Å². The van der Waals surface area contributed by atoms with E-state index in [2.05, 4.69) is 20.5 Å². The van der Waals surface area contributed by atoms with Crippen LogP contribution in [0.4, 0.5) is 5.82 Å². The van der Waals surface area contributed by atoms with Crippen LogP contribution in [0, 0.1) is 6.92 Å². The maximum Gasteiger partial charge on any atom is 0.251 e. The quantitative estimate of drug-likeness (QED) is 0.359. The second-order valence-corrected chi connectivity index (χ2v) is 12.8. The van der Waals surface area contributed by atoms with Gasteiger partial charge in [-0.25, -0.2) is 18.4 Å². The lowest BCUT2D eigenvalue weighted by Crippen LogP contribution is -2.55. The van der Waals surface area contributed by atoms with E-state index in [0.29, 0.717) is 11.3 Å². The third-order valence-electron chi connectivity index (χ3n) is 7.71. The van der Waals surface area contributed by atoms with Crippen LogP contribution in [0.1, 0.15) is 28.0 Å². The Hall–Kier alpha value is -3.93. The largest absolute Gasteiger partial charge is 0.378 e. The van der Waals surface area contributed by atoms with Crippen molar-refractivity contribution in [3.63, 3.8) is 0 Å². The number of carbonyl (C=O) groups excluding carboxylic acids is 1. The number of sulfone groups is 1. The Bertz CT molecular complexity index is 1740. The Morgan fingerprint density at radius 1 is 1.12 bits per heavy atom. The van der Waals surface area contributed by atoms with Crippen molar-refractivity contribution in [3.8, 4) is 11.4 Å². The molecule has 1 spiro atoms. The molecule has 5 heterocycles. The number of ether oxygens (including phenoxy) is 1. The average Bonchev–Trinajstić information content (AvgIpc) is 3.38. The molecule has 2 aliphatic heterocycles. The zero-order chi connectivity index (χ0) is 28.6. The SMILES string of the molecule is Cc1ccc(C(=O)NCc2cc3nc(-c4cccc(N5CC[C@]6(COCCN6)C5)n4)ccc3cn2)cc1S(C)(=O)=O. The van der Waals surface area contributed by atoms with Crippen LogP contribution in [0.2, 0.25) is 0 Å². The third kappa shape index (κ3) is 5.79. The van der Waals surface area contributed by atoms with Gasteiger partial charge in [0.15, 0.2) is 9.84 Å². The van der Waals surface area contributed by atoms with Crippen LogP contribution in [0.25, 0.3) is 22.3 Å². The van der Waals surface area contributed by atoms with Gasteiger partial charge in [0.05, 0.1) is 52.8 Å². The fraction of sp³-hybridized carbons (Fsp3) is 0.333. The number of fused-ring (bicyclic) bond motifs is 1. The molecule has 2 N–H and O–H groups in total. The lowest BCUT2D eigenvalue weighted by molar-refractivity contribution is 0.0368. The van der Waals surface area contributed by atoms with Gasteiger partial charge in [0.1, 0.15) is 5.82 Å². The van der Waals surface area contributed by atoms with Gasteiger partial charge in [0, 0.05) is 43.0 Å². The van der Waals surface area contributed by atoms with Gasteiger partial charge in [-0.05, 0) is 61.4 Å². The summed E-state index contributed by atoms with van der Waals surface area (Å²) in [7, 11) is -3.44. The van der Waals surface area contributed by atoms with Crippen molar-refractivity contribution >= 4 is 32.5 Å². The molecule has 2 saturated heterocycles. The molecule has 10 nitrogen and oxygen atoms in total. The van der Waals surface area contributed by atoms with E-state index < -0.39 is 9.84 Å². The average molecular weight is 573 g/mol. The summed E-state index contributed by atoms with van der Waals surface area (Å²) in [5, 5.41) is 7.35. The lowest BCUT2D eigenvalue weighted by atomic mass is 9.99. The molecular weight excluding hydrogens is 540 g/mol. The summed E-state index contributed by atoms with van der Waals surface area (Å²) < 4.78 is 29.8. The Morgan fingerprint density at radius 2 is 1.98 bits per heavy atom. The van der Waals surface area contributed by atoms with Crippen molar-refractivity contribution in [1.29, 1.82) is 0 Å². The first kappa shape index (κ1) is 27.3. The summed E-state index contributed by atoms with van der Waals surface area (Å²) >= 11 is 0. The second-order valence-electron chi connectivity index (χ2n) is 10.8. The second kappa shape index (κ2) is 10.8. The van der Waals surface area contributed by atoms with Gasteiger partial charge in [0.2, 0.25) is 0 Å². The van der Waals surface area contributed by atoms with Crippen LogP contribution in [-0.2, 0) is 21.1 Å². The van der Waals surface area contributed by atoms with E-state index >= 15 is 0 Å². The van der Waals surface area contributed by atoms with Crippen molar-refractivity contribution in [3.05, 3.63) is 77.6 Å². The van der Waals surface area contributed by atoms with Gasteiger partial charge >= 0.3 is 0 Å². The number of nitrogens with one attached hydrogen (secondary N) is 2. The van der Waals surface area contributed by atoms with Crippen molar-refractivity contribution in [2.45, 2.75) is 30.3 Å². The zero-order valence-corrected chi connectivity index (χ0v) is 23.9. The number of pyridine rings is 3. The molecular formula is C30H32N6O4S. The molecule has 0 unspecified atom stereocenters. The van der Waals surface area contributed by atoms with Crippen molar-refractivity contribution < 1.29 is 17.9 Å². The molecule has 3 aromatic heterocycles. The first-order valence-corrected chi connectivity index (χ1v) is 15.5. The Balaban J connectivity index is 1.18. The molecule has 11 heteroatoms. The third-order valence-corrected chi connectivity index (χ3v) is 8.95. The number of benzene rings is 1. The summed E-state index contributed by atoms with van der Waals surface area (Å²) in [6.45, 7) is 5.99. The molecule has 0 saturated carbocycles. The van der Waals surface area contributed by atoms with E-state index in [-0.39, 0.29) is 28.4 Å². The number of morpholine rings is 1. The summed E-state index contributed by atoms with van der Waals surface area (Å²) in [6.07, 6.45) is 3.88.